The van der Waals surface area contributed by atoms with Gasteiger partial charge in [0.25, 0.3) is 0 Å². The van der Waals surface area contributed by atoms with Crippen molar-refractivity contribution in [2.45, 2.75) is 83.3 Å². The zero-order chi connectivity index (χ0) is 21.5. The van der Waals surface area contributed by atoms with Crippen LogP contribution in [0.3, 0.4) is 0 Å². The van der Waals surface area contributed by atoms with Gasteiger partial charge >= 0.3 is 6.09 Å². The summed E-state index contributed by atoms with van der Waals surface area (Å²) in [5.41, 5.74) is 7.86. The van der Waals surface area contributed by atoms with Crippen LogP contribution < -0.4 is 21.6 Å². The van der Waals surface area contributed by atoms with Crippen molar-refractivity contribution in [3.05, 3.63) is 29.3 Å². The topological polar surface area (TPSA) is 116 Å². The summed E-state index contributed by atoms with van der Waals surface area (Å²) in [7, 11) is 1.61. The molecule has 0 radical (unpaired) electrons. The lowest BCUT2D eigenvalue weighted by Gasteiger charge is -2.25. The average molecular weight is 418 g/mol. The second-order valence-electron chi connectivity index (χ2n) is 8.32. The molecule has 2 aliphatic carbocycles. The number of nitrogens with one attached hydrogen (secondary N) is 1. The first-order valence-electron chi connectivity index (χ1n) is 11.0. The van der Waals surface area contributed by atoms with Crippen LogP contribution in [0.4, 0.5) is 4.79 Å². The smallest absolute Gasteiger partial charge is 0.413 e. The first-order valence-corrected chi connectivity index (χ1v) is 11.0. The van der Waals surface area contributed by atoms with Crippen LogP contribution in [0.5, 0.6) is 5.75 Å². The van der Waals surface area contributed by atoms with Crippen LogP contribution in [0.2, 0.25) is 0 Å². The zero-order valence-electron chi connectivity index (χ0n) is 18.2. The molecule has 8 heteroatoms. The Morgan fingerprint density at radius 3 is 2.23 bits per heavy atom. The molecule has 1 amide bonds. The maximum Gasteiger partial charge on any atom is 0.413 e. The molecule has 0 bridgehead atoms. The largest absolute Gasteiger partial charge is 0.489 e. The number of hydrazine groups is 1. The molecule has 0 unspecified atom stereocenters. The molecule has 2 saturated carbocycles. The molecule has 0 aromatic carbocycles. The van der Waals surface area contributed by atoms with E-state index in [0.717, 1.165) is 50.0 Å². The molecule has 0 spiro atoms. The lowest BCUT2D eigenvalue weighted by Crippen LogP contribution is -2.40. The third-order valence-electron chi connectivity index (χ3n) is 5.81. The highest BCUT2D eigenvalue weighted by atomic mass is 16.6. The molecule has 0 saturated heterocycles. The van der Waals surface area contributed by atoms with E-state index in [-0.39, 0.29) is 23.7 Å². The molecule has 30 heavy (non-hydrogen) atoms. The summed E-state index contributed by atoms with van der Waals surface area (Å²) >= 11 is 0. The number of nitrogens with zero attached hydrogens (tertiary/aromatic N) is 2. The minimum atomic E-state index is -0.550. The van der Waals surface area contributed by atoms with Crippen LogP contribution in [0.25, 0.3) is 5.70 Å². The van der Waals surface area contributed by atoms with E-state index in [9.17, 15) is 4.79 Å². The van der Waals surface area contributed by atoms with Crippen molar-refractivity contribution in [3.63, 3.8) is 0 Å². The number of amides is 1. The Morgan fingerprint density at radius 2 is 1.67 bits per heavy atom. The molecule has 1 aromatic rings. The predicted molar refractivity (Wildman–Crippen MR) is 116 cm³/mol. The van der Waals surface area contributed by atoms with Crippen LogP contribution >= 0.6 is 0 Å². The minimum absolute atomic E-state index is 0.0547. The summed E-state index contributed by atoms with van der Waals surface area (Å²) in [5, 5.41) is 3.95. The number of nitrogens with two attached hydrogens (primary N) is 2. The highest BCUT2D eigenvalue weighted by molar-refractivity contribution is 5.74. The number of hydrogen-bond donors (Lipinski definition) is 3. The van der Waals surface area contributed by atoms with Crippen molar-refractivity contribution in [1.82, 2.24) is 15.3 Å². The fourth-order valence-electron chi connectivity index (χ4n) is 4.11. The number of aromatic nitrogens is 1. The number of hydrogen-bond acceptors (Lipinski definition) is 7. The van der Waals surface area contributed by atoms with E-state index in [1.54, 1.807) is 13.1 Å². The van der Waals surface area contributed by atoms with Gasteiger partial charge in [0, 0.05) is 7.05 Å². The van der Waals surface area contributed by atoms with Gasteiger partial charge in [0.05, 0.1) is 17.5 Å². The van der Waals surface area contributed by atoms with Crippen molar-refractivity contribution < 1.29 is 14.3 Å². The normalized spacial score (nSPS) is 19.0. The van der Waals surface area contributed by atoms with Gasteiger partial charge in [-0.1, -0.05) is 12.8 Å². The summed E-state index contributed by atoms with van der Waals surface area (Å²) in [6.07, 6.45) is 10.6. The minimum Gasteiger partial charge on any atom is -0.489 e. The molecule has 1 heterocycles. The van der Waals surface area contributed by atoms with E-state index in [1.165, 1.54) is 30.7 Å². The molecule has 5 N–H and O–H groups in total. The highest BCUT2D eigenvalue weighted by Crippen LogP contribution is 2.26. The van der Waals surface area contributed by atoms with Crippen LogP contribution in [0.1, 0.15) is 75.6 Å². The summed E-state index contributed by atoms with van der Waals surface area (Å²) < 4.78 is 11.7. The van der Waals surface area contributed by atoms with Crippen LogP contribution in [0.15, 0.2) is 18.0 Å². The fraction of sp³-hybridized carbons (Fsp3) is 0.636. The zero-order valence-corrected chi connectivity index (χ0v) is 18.2. The highest BCUT2D eigenvalue weighted by Gasteiger charge is 2.21. The first kappa shape index (κ1) is 22.2. The molecule has 2 aliphatic rings. The quantitative estimate of drug-likeness (QED) is 0.479. The van der Waals surface area contributed by atoms with Gasteiger partial charge in [0.2, 0.25) is 0 Å². The second-order valence-corrected chi connectivity index (χ2v) is 8.32. The van der Waals surface area contributed by atoms with Crippen molar-refractivity contribution in [2.75, 3.05) is 7.05 Å². The van der Waals surface area contributed by atoms with Gasteiger partial charge in [0.15, 0.2) is 5.82 Å². The Bertz CT molecular complexity index is 753. The van der Waals surface area contributed by atoms with Gasteiger partial charge in [-0.2, -0.15) is 0 Å². The van der Waals surface area contributed by atoms with E-state index >= 15 is 0 Å². The molecule has 0 atom stereocenters. The number of alkyl carbamates (subject to hydrolysis) is 1. The Kier molecular flexibility index (Phi) is 7.79. The summed E-state index contributed by atoms with van der Waals surface area (Å²) in [6.45, 7) is 1.89. The van der Waals surface area contributed by atoms with Gasteiger partial charge in [-0.25, -0.2) is 15.6 Å². The van der Waals surface area contributed by atoms with E-state index < -0.39 is 6.09 Å². The van der Waals surface area contributed by atoms with Crippen LogP contribution in [0, 0.1) is 6.92 Å². The SMILES string of the molecule is Cc1nc(/C(N)=C(\NC(=O)OC2CCCCC2)N(C)N)ccc1OC1CCCCC1. The second kappa shape index (κ2) is 10.5. The number of rotatable bonds is 6. The molecule has 166 valence electrons. The van der Waals surface area contributed by atoms with Crippen molar-refractivity contribution in [3.8, 4) is 5.75 Å². The van der Waals surface area contributed by atoms with Gasteiger partial charge in [-0.3, -0.25) is 10.3 Å². The van der Waals surface area contributed by atoms with Crippen LogP contribution in [-0.4, -0.2) is 35.3 Å². The Hall–Kier alpha value is -2.48. The summed E-state index contributed by atoms with van der Waals surface area (Å²) in [4.78, 5) is 16.9. The van der Waals surface area contributed by atoms with E-state index in [2.05, 4.69) is 10.3 Å². The Labute approximate surface area is 179 Å². The monoisotopic (exact) mass is 417 g/mol. The molecule has 8 nitrogen and oxygen atoms in total. The number of carbonyl (C=O) groups excluding carboxylic acids is 1. The van der Waals surface area contributed by atoms with Gasteiger partial charge in [-0.15, -0.1) is 0 Å². The number of ether oxygens (including phenoxy) is 2. The van der Waals surface area contributed by atoms with Crippen molar-refractivity contribution >= 4 is 11.8 Å². The summed E-state index contributed by atoms with van der Waals surface area (Å²) in [6, 6.07) is 3.67. The molecule has 3 rings (SSSR count). The van der Waals surface area contributed by atoms with Gasteiger partial charge in [0.1, 0.15) is 17.6 Å². The molecular formula is C22H35N5O3. The van der Waals surface area contributed by atoms with Crippen molar-refractivity contribution in [2.24, 2.45) is 11.6 Å². The number of pyridine rings is 1. The molecular weight excluding hydrogens is 382 g/mol. The third-order valence-corrected chi connectivity index (χ3v) is 5.81. The maximum atomic E-state index is 12.4. The number of aryl methyl sites for hydroxylation is 1. The third kappa shape index (κ3) is 6.01. The van der Waals surface area contributed by atoms with Gasteiger partial charge < -0.3 is 15.2 Å². The van der Waals surface area contributed by atoms with E-state index in [1.807, 2.05) is 13.0 Å². The fourth-order valence-corrected chi connectivity index (χ4v) is 4.11. The van der Waals surface area contributed by atoms with Gasteiger partial charge in [-0.05, 0) is 70.4 Å². The lowest BCUT2D eigenvalue weighted by molar-refractivity contribution is 0.0756. The lowest BCUT2D eigenvalue weighted by atomic mass is 9.98. The van der Waals surface area contributed by atoms with E-state index in [4.69, 9.17) is 21.1 Å². The maximum absolute atomic E-state index is 12.4. The molecule has 1 aromatic heterocycles. The standard InChI is InChI=1S/C22H35N5O3/c1-15-19(29-16-9-5-3-6-10-16)14-13-18(25-15)20(23)21(27(2)24)26-22(28)30-17-11-7-4-8-12-17/h13-14,16-17H,3-12,23-24H2,1-2H3,(H,26,28)/b21-20-. The molecule has 2 fully saturated rings. The number of carbonyl (C=O) groups is 1. The summed E-state index contributed by atoms with van der Waals surface area (Å²) in [5.74, 6) is 6.94. The van der Waals surface area contributed by atoms with Crippen LogP contribution in [-0.2, 0) is 4.74 Å². The Balaban J connectivity index is 1.70. The molecule has 0 aliphatic heterocycles. The Morgan fingerprint density at radius 1 is 1.07 bits per heavy atom. The van der Waals surface area contributed by atoms with Crippen molar-refractivity contribution in [1.29, 1.82) is 0 Å². The predicted octanol–water partition coefficient (Wildman–Crippen LogP) is 3.55. The average Bonchev–Trinajstić information content (AvgIpc) is 2.74. The first-order chi connectivity index (χ1) is 14.4. The van der Waals surface area contributed by atoms with E-state index in [0.29, 0.717) is 5.69 Å².